The molecule has 0 fully saturated rings. The Balaban J connectivity index is 2.07. The van der Waals surface area contributed by atoms with Crippen LogP contribution in [0.15, 0.2) is 58.1 Å². The zero-order valence-electron chi connectivity index (χ0n) is 16.6. The molecule has 29 heavy (non-hydrogen) atoms. The predicted octanol–water partition coefficient (Wildman–Crippen LogP) is 4.30. The first-order valence-corrected chi connectivity index (χ1v) is 9.74. The molecule has 0 aliphatic carbocycles. The Kier molecular flexibility index (Phi) is 3.74. The average molecular weight is 383 g/mol. The van der Waals surface area contributed by atoms with Gasteiger partial charge in [-0.15, -0.1) is 0 Å². The molecule has 5 aromatic rings. The molecule has 2 heterocycles. The van der Waals surface area contributed by atoms with Gasteiger partial charge < -0.3 is 14.9 Å². The number of anilines is 1. The maximum Gasteiger partial charge on any atom is 0.199 e. The fraction of sp³-hybridized carbons (Fsp3) is 0.167. The molecule has 5 rings (SSSR count). The second-order valence-corrected chi connectivity index (χ2v) is 7.60. The highest BCUT2D eigenvalue weighted by Crippen LogP contribution is 2.29. The van der Waals surface area contributed by atoms with Crippen molar-refractivity contribution < 1.29 is 0 Å². The van der Waals surface area contributed by atoms with Gasteiger partial charge in [0, 0.05) is 36.1 Å². The van der Waals surface area contributed by atoms with E-state index in [0.717, 1.165) is 27.8 Å². The molecule has 0 amide bonds. The third-order valence-corrected chi connectivity index (χ3v) is 5.71. The fourth-order valence-electron chi connectivity index (χ4n) is 4.37. The first-order chi connectivity index (χ1) is 14.0. The Morgan fingerprint density at radius 2 is 1.55 bits per heavy atom. The minimum Gasteiger partial charge on any atom is -0.377 e. The quantitative estimate of drug-likeness (QED) is 0.447. The normalized spacial score (nSPS) is 11.7. The minimum absolute atomic E-state index is 0.00851. The van der Waals surface area contributed by atoms with Crippen LogP contribution in [0.25, 0.3) is 43.6 Å². The first-order valence-electron chi connectivity index (χ1n) is 9.74. The lowest BCUT2D eigenvalue weighted by molar-refractivity contribution is 1.14. The van der Waals surface area contributed by atoms with Gasteiger partial charge in [0.25, 0.3) is 0 Å². The second kappa shape index (κ2) is 6.21. The third-order valence-electron chi connectivity index (χ3n) is 5.71. The smallest absolute Gasteiger partial charge is 0.199 e. The number of aryl methyl sites for hydroxylation is 1. The van der Waals surface area contributed by atoms with Crippen LogP contribution in [-0.2, 0) is 6.42 Å². The van der Waals surface area contributed by atoms with E-state index in [2.05, 4.69) is 9.97 Å². The largest absolute Gasteiger partial charge is 0.377 e. The van der Waals surface area contributed by atoms with Gasteiger partial charge in [0.1, 0.15) is 0 Å². The molecule has 0 aliphatic rings. The van der Waals surface area contributed by atoms with Crippen LogP contribution in [0.4, 0.5) is 5.69 Å². The lowest BCUT2D eigenvalue weighted by Crippen LogP contribution is -2.16. The highest BCUT2D eigenvalue weighted by Gasteiger charge is 2.17. The van der Waals surface area contributed by atoms with E-state index in [1.165, 1.54) is 0 Å². The molecule has 0 saturated carbocycles. The summed E-state index contributed by atoms with van der Waals surface area (Å²) in [6, 6.07) is 15.1. The molecule has 2 aromatic heterocycles. The van der Waals surface area contributed by atoms with E-state index in [1.54, 1.807) is 0 Å². The summed E-state index contributed by atoms with van der Waals surface area (Å²) < 4.78 is 0. The Hall–Kier alpha value is -3.60. The summed E-state index contributed by atoms with van der Waals surface area (Å²) in [4.78, 5) is 35.6. The van der Waals surface area contributed by atoms with Gasteiger partial charge in [-0.3, -0.25) is 9.59 Å². The van der Waals surface area contributed by atoms with Crippen molar-refractivity contribution in [1.29, 1.82) is 0 Å². The van der Waals surface area contributed by atoms with Crippen LogP contribution >= 0.6 is 0 Å². The first kappa shape index (κ1) is 17.5. The zero-order valence-corrected chi connectivity index (χ0v) is 16.6. The number of H-pyrrole nitrogens is 2. The number of para-hydroxylation sites is 1. The van der Waals surface area contributed by atoms with Crippen molar-refractivity contribution in [2.45, 2.75) is 13.3 Å². The molecule has 144 valence electrons. The summed E-state index contributed by atoms with van der Waals surface area (Å²) in [5.41, 5.74) is 4.72. The predicted molar refractivity (Wildman–Crippen MR) is 121 cm³/mol. The maximum atomic E-state index is 13.6. The number of aromatic amines is 2. The van der Waals surface area contributed by atoms with Crippen molar-refractivity contribution >= 4 is 49.3 Å². The minimum atomic E-state index is -0.0195. The summed E-state index contributed by atoms with van der Waals surface area (Å²) in [6.07, 6.45) is 0.640. The number of fused-ring (bicyclic) bond motifs is 4. The van der Waals surface area contributed by atoms with E-state index in [9.17, 15) is 9.59 Å². The lowest BCUT2D eigenvalue weighted by Gasteiger charge is -2.17. The molecule has 0 atom stereocenters. The Bertz CT molecular complexity index is 1560. The number of rotatable bonds is 2. The number of hydrogen-bond donors (Lipinski definition) is 2. The standard InChI is InChI=1S/C24H21N3O2/c1-4-13-20-18(25-17-10-7-11-19(27(2)3)21(17)24(20)29)12-15-22(13)26-16-9-6-5-8-14(16)23(15)28/h5-12H,4H2,1-3H3,(H,25,29)(H,26,28). The SMILES string of the molecule is CCc1c2[nH]c3ccccc3c(=O)c2cc2[nH]c3cccc(N(C)C)c3c(=O)c12. The van der Waals surface area contributed by atoms with Crippen molar-refractivity contribution in [2.24, 2.45) is 0 Å². The molecule has 3 aromatic carbocycles. The van der Waals surface area contributed by atoms with Gasteiger partial charge in [0.2, 0.25) is 0 Å². The number of nitrogens with one attached hydrogen (secondary N) is 2. The van der Waals surface area contributed by atoms with Crippen LogP contribution in [0, 0.1) is 0 Å². The molecule has 0 radical (unpaired) electrons. The van der Waals surface area contributed by atoms with Crippen LogP contribution in [-0.4, -0.2) is 24.1 Å². The third kappa shape index (κ3) is 2.40. The van der Waals surface area contributed by atoms with Gasteiger partial charge in [-0.05, 0) is 42.3 Å². The Labute approximate surface area is 166 Å². The number of hydrogen-bond acceptors (Lipinski definition) is 3. The second-order valence-electron chi connectivity index (χ2n) is 7.60. The zero-order chi connectivity index (χ0) is 20.3. The van der Waals surface area contributed by atoms with E-state index < -0.39 is 0 Å². The molecule has 0 saturated heterocycles. The van der Waals surface area contributed by atoms with E-state index in [1.807, 2.05) is 74.4 Å². The molecule has 0 unspecified atom stereocenters. The summed E-state index contributed by atoms with van der Waals surface area (Å²) in [6.45, 7) is 2.02. The van der Waals surface area contributed by atoms with Gasteiger partial charge >= 0.3 is 0 Å². The van der Waals surface area contributed by atoms with E-state index in [0.29, 0.717) is 33.5 Å². The highest BCUT2D eigenvalue weighted by molar-refractivity contribution is 6.07. The summed E-state index contributed by atoms with van der Waals surface area (Å²) >= 11 is 0. The number of nitrogens with zero attached hydrogens (tertiary/aromatic N) is 1. The van der Waals surface area contributed by atoms with Crippen LogP contribution in [0.3, 0.4) is 0 Å². The van der Waals surface area contributed by atoms with Crippen molar-refractivity contribution in [3.8, 4) is 0 Å². The topological polar surface area (TPSA) is 69.0 Å². The summed E-state index contributed by atoms with van der Waals surface area (Å²) in [5.74, 6) is 0. The highest BCUT2D eigenvalue weighted by atomic mass is 16.1. The van der Waals surface area contributed by atoms with Crippen LogP contribution < -0.4 is 15.8 Å². The van der Waals surface area contributed by atoms with Gasteiger partial charge in [-0.1, -0.05) is 25.1 Å². The average Bonchev–Trinajstić information content (AvgIpc) is 2.72. The molecule has 2 N–H and O–H groups in total. The van der Waals surface area contributed by atoms with Crippen molar-refractivity contribution in [3.05, 3.63) is 74.5 Å². The molecule has 5 heteroatoms. The van der Waals surface area contributed by atoms with Gasteiger partial charge in [-0.25, -0.2) is 0 Å². The van der Waals surface area contributed by atoms with E-state index >= 15 is 0 Å². The van der Waals surface area contributed by atoms with Crippen molar-refractivity contribution in [1.82, 2.24) is 9.97 Å². The Morgan fingerprint density at radius 3 is 2.31 bits per heavy atom. The molecule has 5 nitrogen and oxygen atoms in total. The lowest BCUT2D eigenvalue weighted by atomic mass is 9.97. The van der Waals surface area contributed by atoms with Crippen molar-refractivity contribution in [2.75, 3.05) is 19.0 Å². The molecular formula is C24H21N3O2. The number of aromatic nitrogens is 2. The van der Waals surface area contributed by atoms with Crippen LogP contribution in [0.1, 0.15) is 12.5 Å². The number of pyridine rings is 2. The van der Waals surface area contributed by atoms with Crippen LogP contribution in [0.5, 0.6) is 0 Å². The van der Waals surface area contributed by atoms with Crippen LogP contribution in [0.2, 0.25) is 0 Å². The van der Waals surface area contributed by atoms with E-state index in [-0.39, 0.29) is 10.9 Å². The number of benzene rings is 3. The monoisotopic (exact) mass is 383 g/mol. The van der Waals surface area contributed by atoms with Gasteiger partial charge in [0.05, 0.1) is 27.3 Å². The Morgan fingerprint density at radius 1 is 0.793 bits per heavy atom. The van der Waals surface area contributed by atoms with Gasteiger partial charge in [0.15, 0.2) is 10.9 Å². The molecule has 0 spiro atoms. The van der Waals surface area contributed by atoms with Crippen molar-refractivity contribution in [3.63, 3.8) is 0 Å². The molecular weight excluding hydrogens is 362 g/mol. The fourth-order valence-corrected chi connectivity index (χ4v) is 4.37. The van der Waals surface area contributed by atoms with E-state index in [4.69, 9.17) is 0 Å². The summed E-state index contributed by atoms with van der Waals surface area (Å²) in [7, 11) is 3.87. The molecule has 0 aliphatic heterocycles. The molecule has 0 bridgehead atoms. The maximum absolute atomic E-state index is 13.6. The summed E-state index contributed by atoms with van der Waals surface area (Å²) in [5, 5.41) is 2.57. The van der Waals surface area contributed by atoms with Gasteiger partial charge in [-0.2, -0.15) is 0 Å².